The van der Waals surface area contributed by atoms with Crippen LogP contribution in [-0.2, 0) is 6.54 Å². The predicted octanol–water partition coefficient (Wildman–Crippen LogP) is 1.71. The Labute approximate surface area is 141 Å². The molecule has 0 amide bonds. The predicted molar refractivity (Wildman–Crippen MR) is 90.1 cm³/mol. The number of benzene rings is 2. The Kier molecular flexibility index (Phi) is 3.52. The molecule has 0 saturated carbocycles. The van der Waals surface area contributed by atoms with Gasteiger partial charge in [-0.3, -0.25) is 9.59 Å². The Hall–Kier alpha value is -2.83. The summed E-state index contributed by atoms with van der Waals surface area (Å²) in [6, 6.07) is 10.6. The molecule has 0 aliphatic heterocycles. The van der Waals surface area contributed by atoms with Gasteiger partial charge in [0.2, 0.25) is 0 Å². The first kappa shape index (κ1) is 15.7. The number of aromatic nitrogens is 1. The zero-order valence-corrected chi connectivity index (χ0v) is 13.1. The summed E-state index contributed by atoms with van der Waals surface area (Å²) in [4.78, 5) is 25.8. The zero-order chi connectivity index (χ0) is 17.7. The van der Waals surface area contributed by atoms with Crippen LogP contribution >= 0.6 is 0 Å². The van der Waals surface area contributed by atoms with Gasteiger partial charge in [-0.05, 0) is 12.1 Å². The van der Waals surface area contributed by atoms with Crippen LogP contribution in [0.3, 0.4) is 0 Å². The van der Waals surface area contributed by atoms with E-state index in [1.165, 1.54) is 16.7 Å². The second-order valence-corrected chi connectivity index (χ2v) is 6.04. The molecule has 1 aliphatic carbocycles. The first-order valence-electron chi connectivity index (χ1n) is 7.82. The van der Waals surface area contributed by atoms with Crippen LogP contribution in [0.1, 0.15) is 15.9 Å². The van der Waals surface area contributed by atoms with Gasteiger partial charge in [0.05, 0.1) is 35.9 Å². The van der Waals surface area contributed by atoms with Crippen LogP contribution in [-0.4, -0.2) is 33.3 Å². The molecule has 4 rings (SSSR count). The number of pyridine rings is 1. The molecule has 2 aromatic carbocycles. The summed E-state index contributed by atoms with van der Waals surface area (Å²) in [5.74, 6) is -0.823. The molecule has 0 spiro atoms. The highest BCUT2D eigenvalue weighted by Crippen LogP contribution is 2.39. The highest BCUT2D eigenvalue weighted by molar-refractivity contribution is 6.26. The average molecular weight is 339 g/mol. The largest absolute Gasteiger partial charge is 0.394 e. The normalized spacial score (nSPS) is 13.8. The van der Waals surface area contributed by atoms with Crippen LogP contribution < -0.4 is 5.56 Å². The molecular weight excluding hydrogens is 325 g/mol. The summed E-state index contributed by atoms with van der Waals surface area (Å²) in [7, 11) is 0. The van der Waals surface area contributed by atoms with Gasteiger partial charge in [-0.1, -0.05) is 30.3 Å². The lowest BCUT2D eigenvalue weighted by Gasteiger charge is -2.17. The van der Waals surface area contributed by atoms with Crippen LogP contribution in [0.15, 0.2) is 47.3 Å². The van der Waals surface area contributed by atoms with Gasteiger partial charge >= 0.3 is 0 Å². The maximum atomic E-state index is 13.7. The molecule has 25 heavy (non-hydrogen) atoms. The third-order valence-corrected chi connectivity index (χ3v) is 4.49. The van der Waals surface area contributed by atoms with Crippen molar-refractivity contribution in [3.63, 3.8) is 0 Å². The Balaban J connectivity index is 2.16. The van der Waals surface area contributed by atoms with E-state index < -0.39 is 24.1 Å². The molecule has 3 aromatic rings. The van der Waals surface area contributed by atoms with Gasteiger partial charge in [-0.25, -0.2) is 4.39 Å². The van der Waals surface area contributed by atoms with Crippen molar-refractivity contribution in [3.05, 3.63) is 69.8 Å². The van der Waals surface area contributed by atoms with E-state index in [4.69, 9.17) is 5.11 Å². The molecule has 0 radical (unpaired) electrons. The minimum atomic E-state index is -1.17. The summed E-state index contributed by atoms with van der Waals surface area (Å²) in [5.41, 5.74) is 1.26. The summed E-state index contributed by atoms with van der Waals surface area (Å²) < 4.78 is 14.9. The first-order chi connectivity index (χ1) is 12.0. The number of carbonyl (C=O) groups excluding carboxylic acids is 1. The lowest BCUT2D eigenvalue weighted by Crippen LogP contribution is -2.30. The highest BCUT2D eigenvalue weighted by Gasteiger charge is 2.32. The number of carbonyl (C=O) groups is 1. The number of rotatable bonds is 3. The molecule has 0 saturated heterocycles. The van der Waals surface area contributed by atoms with E-state index in [0.29, 0.717) is 27.8 Å². The summed E-state index contributed by atoms with van der Waals surface area (Å²) >= 11 is 0. The average Bonchev–Trinajstić information content (AvgIpc) is 2.92. The van der Waals surface area contributed by atoms with Crippen molar-refractivity contribution in [1.82, 2.24) is 4.57 Å². The maximum absolute atomic E-state index is 13.7. The van der Waals surface area contributed by atoms with Crippen LogP contribution in [0.25, 0.3) is 22.0 Å². The Bertz CT molecular complexity index is 1090. The Morgan fingerprint density at radius 1 is 1.04 bits per heavy atom. The fourth-order valence-electron chi connectivity index (χ4n) is 3.40. The molecule has 126 valence electrons. The number of fused-ring (bicyclic) bond motifs is 5. The fraction of sp³-hybridized carbons (Fsp3) is 0.158. The molecule has 0 unspecified atom stereocenters. The minimum absolute atomic E-state index is 0.0741. The molecule has 1 aliphatic rings. The van der Waals surface area contributed by atoms with E-state index in [9.17, 15) is 19.1 Å². The molecule has 6 heteroatoms. The minimum Gasteiger partial charge on any atom is -0.394 e. The van der Waals surface area contributed by atoms with Crippen molar-refractivity contribution >= 4 is 16.6 Å². The molecule has 5 nitrogen and oxygen atoms in total. The smallest absolute Gasteiger partial charge is 0.259 e. The van der Waals surface area contributed by atoms with E-state index in [1.54, 1.807) is 24.3 Å². The monoisotopic (exact) mass is 339 g/mol. The number of nitrogens with zero attached hydrogens (tertiary/aromatic N) is 1. The van der Waals surface area contributed by atoms with Crippen molar-refractivity contribution in [1.29, 1.82) is 0 Å². The molecule has 1 atom stereocenters. The van der Waals surface area contributed by atoms with Crippen LogP contribution in [0.2, 0.25) is 0 Å². The van der Waals surface area contributed by atoms with E-state index >= 15 is 0 Å². The Morgan fingerprint density at radius 2 is 1.76 bits per heavy atom. The van der Waals surface area contributed by atoms with Crippen LogP contribution in [0.5, 0.6) is 0 Å². The number of hydrogen-bond donors (Lipinski definition) is 2. The lowest BCUT2D eigenvalue weighted by atomic mass is 10.0. The van der Waals surface area contributed by atoms with E-state index in [1.807, 2.05) is 0 Å². The van der Waals surface area contributed by atoms with Crippen molar-refractivity contribution < 1.29 is 19.4 Å². The van der Waals surface area contributed by atoms with E-state index in [2.05, 4.69) is 0 Å². The van der Waals surface area contributed by atoms with Gasteiger partial charge in [0.15, 0.2) is 5.78 Å². The number of ketones is 1. The summed E-state index contributed by atoms with van der Waals surface area (Å²) in [6.45, 7) is -0.719. The van der Waals surface area contributed by atoms with Crippen molar-refractivity contribution in [2.45, 2.75) is 12.6 Å². The highest BCUT2D eigenvalue weighted by atomic mass is 19.1. The second kappa shape index (κ2) is 5.61. The number of halogens is 1. The lowest BCUT2D eigenvalue weighted by molar-refractivity contribution is 0.0808. The fourth-order valence-corrected chi connectivity index (χ4v) is 3.40. The van der Waals surface area contributed by atoms with Gasteiger partial charge < -0.3 is 14.8 Å². The first-order valence-corrected chi connectivity index (χ1v) is 7.82. The number of hydrogen-bond acceptors (Lipinski definition) is 4. The van der Waals surface area contributed by atoms with Crippen LogP contribution in [0.4, 0.5) is 4.39 Å². The number of aliphatic hydroxyl groups excluding tert-OH is 2. The van der Waals surface area contributed by atoms with Crippen molar-refractivity contribution in [2.75, 3.05) is 6.61 Å². The zero-order valence-electron chi connectivity index (χ0n) is 13.1. The van der Waals surface area contributed by atoms with Gasteiger partial charge in [-0.2, -0.15) is 0 Å². The summed E-state index contributed by atoms with van der Waals surface area (Å²) in [5, 5.41) is 19.4. The van der Waals surface area contributed by atoms with Gasteiger partial charge in [-0.15, -0.1) is 0 Å². The van der Waals surface area contributed by atoms with Crippen molar-refractivity contribution in [2.24, 2.45) is 0 Å². The van der Waals surface area contributed by atoms with Gasteiger partial charge in [0, 0.05) is 16.5 Å². The topological polar surface area (TPSA) is 79.5 Å². The SMILES string of the molecule is O=C1c2ccccc2-c2c1c1ccc(F)cc1c(=O)n2C[C@H](O)CO. The van der Waals surface area contributed by atoms with E-state index in [0.717, 1.165) is 6.07 Å². The van der Waals surface area contributed by atoms with Crippen LogP contribution in [0, 0.1) is 5.82 Å². The second-order valence-electron chi connectivity index (χ2n) is 6.04. The third kappa shape index (κ3) is 2.22. The van der Waals surface area contributed by atoms with Crippen molar-refractivity contribution in [3.8, 4) is 11.3 Å². The molecule has 0 bridgehead atoms. The van der Waals surface area contributed by atoms with Gasteiger partial charge in [0.1, 0.15) is 5.82 Å². The summed E-state index contributed by atoms with van der Waals surface area (Å²) in [6.07, 6.45) is -1.17. The standard InChI is InChI=1S/C19H14FNO4/c20-10-5-6-12-15(7-10)19(25)21(8-11(23)9-22)17-13-3-1-2-4-14(13)18(24)16(12)17/h1-7,11,22-23H,8-9H2/t11-/m0/s1. The molecule has 1 aromatic heterocycles. The molecular formula is C19H14FNO4. The molecule has 0 fully saturated rings. The third-order valence-electron chi connectivity index (χ3n) is 4.49. The molecule has 2 N–H and O–H groups in total. The number of aliphatic hydroxyl groups is 2. The maximum Gasteiger partial charge on any atom is 0.259 e. The molecule has 1 heterocycles. The van der Waals surface area contributed by atoms with E-state index in [-0.39, 0.29) is 17.7 Å². The van der Waals surface area contributed by atoms with Gasteiger partial charge in [0.25, 0.3) is 5.56 Å². The Morgan fingerprint density at radius 3 is 2.48 bits per heavy atom. The quantitative estimate of drug-likeness (QED) is 0.595.